The van der Waals surface area contributed by atoms with E-state index in [1.165, 1.54) is 5.56 Å². The summed E-state index contributed by atoms with van der Waals surface area (Å²) in [6.07, 6.45) is 12.0. The van der Waals surface area contributed by atoms with Gasteiger partial charge >= 0.3 is 0 Å². The van der Waals surface area contributed by atoms with Gasteiger partial charge in [0.2, 0.25) is 0 Å². The number of carbonyl (C=O) groups excluding carboxylic acids is 3. The first-order valence-electron chi connectivity index (χ1n) is 15.8. The second-order valence-electron chi connectivity index (χ2n) is 11.7. The summed E-state index contributed by atoms with van der Waals surface area (Å²) in [5, 5.41) is 7.76. The fourth-order valence-electron chi connectivity index (χ4n) is 6.36. The number of hydrogen-bond donors (Lipinski definition) is 5. The summed E-state index contributed by atoms with van der Waals surface area (Å²) in [4.78, 5) is 53.4. The zero-order valence-corrected chi connectivity index (χ0v) is 28.6. The molecule has 244 valence electrons. The first-order valence-corrected chi connectivity index (χ1v) is 18.0. The third-order valence-electron chi connectivity index (χ3n) is 8.63. The van der Waals surface area contributed by atoms with E-state index >= 15 is 0 Å². The van der Waals surface area contributed by atoms with Crippen LogP contribution in [-0.4, -0.2) is 42.5 Å². The molecule has 10 nitrogen and oxygen atoms in total. The number of nitrogens with one attached hydrogen (secondary N) is 4. The van der Waals surface area contributed by atoms with E-state index in [9.17, 15) is 14.4 Å². The third kappa shape index (κ3) is 7.02. The van der Waals surface area contributed by atoms with Crippen molar-refractivity contribution in [2.24, 2.45) is 5.73 Å². The number of alkyl halides is 1. The number of nitrogens with two attached hydrogens (primary N) is 1. The predicted octanol–water partition coefficient (Wildman–Crippen LogP) is 7.54. The number of fused-ring (bicyclic) bond motifs is 6. The van der Waals surface area contributed by atoms with Gasteiger partial charge in [-0.25, -0.2) is 0 Å². The van der Waals surface area contributed by atoms with Crippen LogP contribution < -0.4 is 16.4 Å². The number of ketones is 1. The number of aryl methyl sites for hydroxylation is 2. The van der Waals surface area contributed by atoms with Gasteiger partial charge in [-0.2, -0.15) is 0 Å². The monoisotopic (exact) mass is 753 g/mol. The molecule has 2 aromatic carbocycles. The number of hydrogen-bond acceptors (Lipinski definition) is 6. The average Bonchev–Trinajstić information content (AvgIpc) is 3.70. The first kappa shape index (κ1) is 33.0. The topological polar surface area (TPSA) is 159 Å². The Kier molecular flexibility index (Phi) is 10.3. The van der Waals surface area contributed by atoms with Gasteiger partial charge in [-0.15, -0.1) is 0 Å². The summed E-state index contributed by atoms with van der Waals surface area (Å²) in [6.45, 7) is 0. The molecular weight excluding hydrogens is 717 g/mol. The number of nitrogens with zero attached hydrogens (tertiary/aromatic N) is 2. The Morgan fingerprint density at radius 3 is 1.92 bits per heavy atom. The standard InChI is InChI=1S/C18H18N4O.C18H15N3O2.CH3I/c19-15-5-1-4-13-14-9-11(6-7-16(14)22-17(13)15)18(23)21-12-3-2-8-20-10-12;22-16-5-1-4-13-14-9-11(6-7-15(14)21-17(13)16)18(23)20-12-3-2-8-19-10-12;1-2/h2-3,6-10,15,22H,1,4-5,19H2,(H,21,23);2-3,6-10,21H,1,4-5H2,(H,20,23);1H3. The maximum Gasteiger partial charge on any atom is 0.255 e. The Hall–Kier alpha value is -4.88. The van der Waals surface area contributed by atoms with Crippen LogP contribution >= 0.6 is 22.6 Å². The van der Waals surface area contributed by atoms with Crippen molar-refractivity contribution >= 4 is 73.4 Å². The van der Waals surface area contributed by atoms with Crippen LogP contribution in [0.2, 0.25) is 0 Å². The van der Waals surface area contributed by atoms with Crippen LogP contribution in [0.15, 0.2) is 85.5 Å². The number of aromatic nitrogens is 4. The van der Waals surface area contributed by atoms with E-state index in [0.717, 1.165) is 65.2 Å². The number of pyridine rings is 2. The smallest absolute Gasteiger partial charge is 0.255 e. The molecule has 0 aliphatic heterocycles. The predicted molar refractivity (Wildman–Crippen MR) is 198 cm³/mol. The molecule has 2 amide bonds. The Morgan fingerprint density at radius 2 is 1.33 bits per heavy atom. The summed E-state index contributed by atoms with van der Waals surface area (Å²) in [6, 6.07) is 18.5. The Morgan fingerprint density at radius 1 is 0.771 bits per heavy atom. The molecule has 2 aliphatic carbocycles. The maximum atomic E-state index is 12.4. The number of Topliss-reactive ketones (excluding diaryl/α,β-unsaturated/α-hetero) is 1. The molecule has 1 unspecified atom stereocenters. The zero-order chi connectivity index (χ0) is 33.6. The quantitative estimate of drug-likeness (QED) is 0.0925. The fourth-order valence-corrected chi connectivity index (χ4v) is 6.36. The highest BCUT2D eigenvalue weighted by molar-refractivity contribution is 14.1. The van der Waals surface area contributed by atoms with Crippen LogP contribution in [0.25, 0.3) is 21.8 Å². The van der Waals surface area contributed by atoms with Gasteiger partial charge in [0, 0.05) is 63.5 Å². The van der Waals surface area contributed by atoms with Crippen LogP contribution in [0.3, 0.4) is 0 Å². The van der Waals surface area contributed by atoms with Gasteiger partial charge in [0.05, 0.1) is 29.5 Å². The van der Waals surface area contributed by atoms with Crippen LogP contribution in [-0.2, 0) is 12.8 Å². The molecule has 2 aliphatic rings. The summed E-state index contributed by atoms with van der Waals surface area (Å²) < 4.78 is 0. The zero-order valence-electron chi connectivity index (χ0n) is 26.5. The van der Waals surface area contributed by atoms with Crippen LogP contribution in [0.1, 0.15) is 79.8 Å². The number of anilines is 2. The Labute approximate surface area is 291 Å². The van der Waals surface area contributed by atoms with E-state index in [-0.39, 0.29) is 23.6 Å². The first-order chi connectivity index (χ1) is 23.4. The highest BCUT2D eigenvalue weighted by Gasteiger charge is 2.23. The van der Waals surface area contributed by atoms with Crippen molar-refractivity contribution in [3.05, 3.63) is 119 Å². The molecule has 6 N–H and O–H groups in total. The lowest BCUT2D eigenvalue weighted by Crippen LogP contribution is -2.16. The van der Waals surface area contributed by atoms with E-state index in [2.05, 4.69) is 53.2 Å². The van der Waals surface area contributed by atoms with Gasteiger partial charge in [0.25, 0.3) is 11.8 Å². The number of rotatable bonds is 4. The molecule has 1 atom stereocenters. The molecular formula is C37H36IN7O3. The molecule has 0 saturated heterocycles. The second kappa shape index (κ2) is 14.9. The highest BCUT2D eigenvalue weighted by atomic mass is 127. The average molecular weight is 754 g/mol. The van der Waals surface area contributed by atoms with E-state index < -0.39 is 0 Å². The van der Waals surface area contributed by atoms with Gasteiger partial charge in [0.15, 0.2) is 5.78 Å². The SMILES string of the molecule is CI.NC1CCCc2c1[nH]c1ccc(C(=O)Nc3cccnc3)cc21.O=C(Nc1cccnc1)c1ccc2[nH]c3c(c2c1)CCCC3=O. The highest BCUT2D eigenvalue weighted by Crippen LogP contribution is 2.34. The molecule has 0 fully saturated rings. The van der Waals surface area contributed by atoms with Gasteiger partial charge in [-0.1, -0.05) is 22.6 Å². The number of aromatic amines is 2. The van der Waals surface area contributed by atoms with Gasteiger partial charge < -0.3 is 26.3 Å². The van der Waals surface area contributed by atoms with Gasteiger partial charge in [-0.05, 0) is 109 Å². The molecule has 6 aromatic rings. The van der Waals surface area contributed by atoms with Crippen LogP contribution in [0, 0.1) is 0 Å². The van der Waals surface area contributed by atoms with Crippen molar-refractivity contribution < 1.29 is 14.4 Å². The largest absolute Gasteiger partial charge is 0.357 e. The summed E-state index contributed by atoms with van der Waals surface area (Å²) in [5.41, 5.74) is 14.8. The Balaban J connectivity index is 0.000000159. The van der Waals surface area contributed by atoms with Crippen molar-refractivity contribution in [2.75, 3.05) is 15.6 Å². The van der Waals surface area contributed by atoms with E-state index in [4.69, 9.17) is 5.73 Å². The summed E-state index contributed by atoms with van der Waals surface area (Å²) in [7, 11) is 0. The molecule has 0 spiro atoms. The molecule has 4 heterocycles. The van der Waals surface area contributed by atoms with Crippen molar-refractivity contribution in [1.82, 2.24) is 19.9 Å². The van der Waals surface area contributed by atoms with Crippen LogP contribution in [0.4, 0.5) is 11.4 Å². The second-order valence-corrected chi connectivity index (χ2v) is 11.7. The maximum absolute atomic E-state index is 12.4. The minimum absolute atomic E-state index is 0.0684. The molecule has 0 radical (unpaired) electrons. The van der Waals surface area contributed by atoms with Gasteiger partial charge in [-0.3, -0.25) is 24.4 Å². The van der Waals surface area contributed by atoms with Gasteiger partial charge in [0.1, 0.15) is 0 Å². The van der Waals surface area contributed by atoms with Crippen molar-refractivity contribution in [3.8, 4) is 0 Å². The molecule has 11 heteroatoms. The summed E-state index contributed by atoms with van der Waals surface area (Å²) >= 11 is 2.15. The Bertz CT molecular complexity index is 2090. The van der Waals surface area contributed by atoms with Crippen LogP contribution in [0.5, 0.6) is 0 Å². The number of amides is 2. The molecule has 0 saturated carbocycles. The van der Waals surface area contributed by atoms with E-state index in [1.807, 2.05) is 41.3 Å². The minimum atomic E-state index is -0.183. The lowest BCUT2D eigenvalue weighted by molar-refractivity contribution is 0.0966. The number of benzene rings is 2. The number of halogens is 1. The third-order valence-corrected chi connectivity index (χ3v) is 8.63. The fraction of sp³-hybridized carbons (Fsp3) is 0.216. The normalized spacial score (nSPS) is 14.9. The van der Waals surface area contributed by atoms with E-state index in [0.29, 0.717) is 34.6 Å². The molecule has 0 bridgehead atoms. The van der Waals surface area contributed by atoms with Crippen molar-refractivity contribution in [3.63, 3.8) is 0 Å². The minimum Gasteiger partial charge on any atom is -0.357 e. The molecule has 4 aromatic heterocycles. The molecule has 48 heavy (non-hydrogen) atoms. The molecule has 8 rings (SSSR count). The van der Waals surface area contributed by atoms with Crippen molar-refractivity contribution in [2.45, 2.75) is 44.6 Å². The van der Waals surface area contributed by atoms with E-state index in [1.54, 1.807) is 49.1 Å². The lowest BCUT2D eigenvalue weighted by Gasteiger charge is -2.18. The van der Waals surface area contributed by atoms with Crippen molar-refractivity contribution in [1.29, 1.82) is 0 Å². The summed E-state index contributed by atoms with van der Waals surface area (Å²) in [5.74, 6) is -0.157. The number of H-pyrrole nitrogens is 2. The number of carbonyl (C=O) groups is 3. The lowest BCUT2D eigenvalue weighted by atomic mass is 9.92.